The van der Waals surface area contributed by atoms with Crippen molar-refractivity contribution in [1.29, 1.82) is 0 Å². The maximum absolute atomic E-state index is 3.36. The third-order valence-corrected chi connectivity index (χ3v) is 3.35. The highest BCUT2D eigenvalue weighted by molar-refractivity contribution is 5.25. The molecule has 24 heavy (non-hydrogen) atoms. The number of rotatable bonds is 5. The monoisotopic (exact) mass is 330 g/mol. The van der Waals surface area contributed by atoms with E-state index in [0.717, 1.165) is 0 Å². The summed E-state index contributed by atoms with van der Waals surface area (Å²) < 4.78 is 0. The minimum absolute atomic E-state index is 0.370. The molecule has 0 fully saturated rings. The Balaban J connectivity index is 0. The first-order valence-corrected chi connectivity index (χ1v) is 9.51. The van der Waals surface area contributed by atoms with E-state index in [4.69, 9.17) is 0 Å². The molecule has 1 rings (SSSR count). The predicted molar refractivity (Wildman–Crippen MR) is 114 cm³/mol. The summed E-state index contributed by atoms with van der Waals surface area (Å²) in [5.74, 6) is 0.654. The van der Waals surface area contributed by atoms with Crippen molar-refractivity contribution >= 4 is 0 Å². The van der Waals surface area contributed by atoms with Crippen LogP contribution in [0, 0.1) is 5.41 Å². The van der Waals surface area contributed by atoms with Crippen LogP contribution >= 0.6 is 0 Å². The van der Waals surface area contributed by atoms with Crippen molar-refractivity contribution in [3.63, 3.8) is 0 Å². The van der Waals surface area contributed by atoms with Gasteiger partial charge in [-0.15, -0.1) is 6.58 Å². The van der Waals surface area contributed by atoms with E-state index in [1.54, 1.807) is 6.08 Å². The Hall–Kier alpha value is -1.30. The molecule has 0 saturated heterocycles. The Labute approximate surface area is 153 Å². The number of allylic oxidation sites excluding steroid dienone is 3. The van der Waals surface area contributed by atoms with Gasteiger partial charge in [-0.25, -0.2) is 0 Å². The topological polar surface area (TPSA) is 0 Å². The molecular formula is C24H42. The highest BCUT2D eigenvalue weighted by Crippen LogP contribution is 2.17. The molecule has 0 bridgehead atoms. The van der Waals surface area contributed by atoms with Gasteiger partial charge >= 0.3 is 0 Å². The Morgan fingerprint density at radius 1 is 1.08 bits per heavy atom. The van der Waals surface area contributed by atoms with Gasteiger partial charge in [0.05, 0.1) is 0 Å². The van der Waals surface area contributed by atoms with Crippen molar-refractivity contribution in [2.24, 2.45) is 5.41 Å². The molecule has 0 spiro atoms. The van der Waals surface area contributed by atoms with Crippen LogP contribution in [0.5, 0.6) is 0 Å². The molecule has 0 aliphatic rings. The molecule has 0 aliphatic carbocycles. The molecule has 0 radical (unpaired) electrons. The first-order valence-electron chi connectivity index (χ1n) is 9.51. The molecule has 0 heterocycles. The summed E-state index contributed by atoms with van der Waals surface area (Å²) >= 11 is 0. The second kappa shape index (κ2) is 15.2. The van der Waals surface area contributed by atoms with Crippen LogP contribution in [0.4, 0.5) is 0 Å². The fourth-order valence-electron chi connectivity index (χ4n) is 2.19. The number of hydrogen-bond acceptors (Lipinski definition) is 0. The van der Waals surface area contributed by atoms with E-state index in [0.29, 0.717) is 11.3 Å². The number of unbranched alkanes of at least 4 members (excludes halogenated alkanes) is 2. The summed E-state index contributed by atoms with van der Waals surface area (Å²) in [7, 11) is 0. The standard InChI is InChI=1S/C14H22.C7H14.C3H6/c1-4-5-6-8-13-9-7-10-14(11-13)12(2)3;1-5-6-7(2,3)4;1-3-2/h7,9-12H,4-6,8H2,1-3H3;5-6H,1-4H3;3H,1H2,2H3/b;6-5-;. The van der Waals surface area contributed by atoms with Crippen molar-refractivity contribution in [3.8, 4) is 0 Å². The lowest BCUT2D eigenvalue weighted by Gasteiger charge is -2.09. The quantitative estimate of drug-likeness (QED) is 0.376. The van der Waals surface area contributed by atoms with Gasteiger partial charge in [0.25, 0.3) is 0 Å². The molecule has 0 atom stereocenters. The van der Waals surface area contributed by atoms with Crippen LogP contribution in [0.3, 0.4) is 0 Å². The van der Waals surface area contributed by atoms with Gasteiger partial charge in [0.1, 0.15) is 0 Å². The van der Waals surface area contributed by atoms with Crippen LogP contribution in [-0.4, -0.2) is 0 Å². The fourth-order valence-corrected chi connectivity index (χ4v) is 2.19. The predicted octanol–water partition coefficient (Wildman–Crippen LogP) is 8.34. The van der Waals surface area contributed by atoms with Gasteiger partial charge in [0, 0.05) is 0 Å². The third-order valence-electron chi connectivity index (χ3n) is 3.35. The molecule has 0 heteroatoms. The molecule has 138 valence electrons. The van der Waals surface area contributed by atoms with E-state index in [1.165, 1.54) is 36.8 Å². The zero-order chi connectivity index (χ0) is 19.0. The minimum Gasteiger partial charge on any atom is -0.103 e. The van der Waals surface area contributed by atoms with Crippen LogP contribution in [0.25, 0.3) is 0 Å². The first-order chi connectivity index (χ1) is 11.2. The summed E-state index contributed by atoms with van der Waals surface area (Å²) in [6.07, 6.45) is 11.3. The van der Waals surface area contributed by atoms with Gasteiger partial charge in [-0.3, -0.25) is 0 Å². The molecule has 0 aliphatic heterocycles. The smallest absolute Gasteiger partial charge is 0.0203 e. The molecular weight excluding hydrogens is 288 g/mol. The van der Waals surface area contributed by atoms with Gasteiger partial charge in [0.2, 0.25) is 0 Å². The summed E-state index contributed by atoms with van der Waals surface area (Å²) in [5.41, 5.74) is 3.35. The lowest BCUT2D eigenvalue weighted by molar-refractivity contribution is 0.543. The fraction of sp³-hybridized carbons (Fsp3) is 0.583. The van der Waals surface area contributed by atoms with Crippen LogP contribution < -0.4 is 0 Å². The van der Waals surface area contributed by atoms with Crippen LogP contribution in [0.15, 0.2) is 49.1 Å². The van der Waals surface area contributed by atoms with Gasteiger partial charge in [0.15, 0.2) is 0 Å². The Kier molecular flexibility index (Phi) is 15.8. The van der Waals surface area contributed by atoms with Gasteiger partial charge in [-0.05, 0) is 49.1 Å². The average Bonchev–Trinajstić information content (AvgIpc) is 2.48. The van der Waals surface area contributed by atoms with E-state index in [2.05, 4.69) is 84.5 Å². The van der Waals surface area contributed by atoms with E-state index in [1.807, 2.05) is 13.8 Å². The van der Waals surface area contributed by atoms with Gasteiger partial charge in [-0.1, -0.05) is 96.9 Å². The van der Waals surface area contributed by atoms with Crippen molar-refractivity contribution in [1.82, 2.24) is 0 Å². The highest BCUT2D eigenvalue weighted by Gasteiger charge is 2.01. The van der Waals surface area contributed by atoms with Gasteiger partial charge < -0.3 is 0 Å². The average molecular weight is 331 g/mol. The maximum Gasteiger partial charge on any atom is -0.0203 e. The summed E-state index contributed by atoms with van der Waals surface area (Å²) in [4.78, 5) is 0. The SMILES string of the molecule is C/C=C\C(C)(C)C.C=CC.CCCCCc1cccc(C(C)C)c1. The maximum atomic E-state index is 3.36. The molecule has 1 aromatic rings. The molecule has 0 nitrogen and oxygen atoms in total. The summed E-state index contributed by atoms with van der Waals surface area (Å²) in [6, 6.07) is 9.03. The molecule has 0 N–H and O–H groups in total. The van der Waals surface area contributed by atoms with E-state index in [-0.39, 0.29) is 0 Å². The normalized spacial score (nSPS) is 10.7. The Morgan fingerprint density at radius 2 is 1.67 bits per heavy atom. The molecule has 0 saturated carbocycles. The van der Waals surface area contributed by atoms with Gasteiger partial charge in [-0.2, -0.15) is 0 Å². The number of aryl methyl sites for hydroxylation is 1. The molecule has 0 unspecified atom stereocenters. The minimum atomic E-state index is 0.370. The zero-order valence-corrected chi connectivity index (χ0v) is 17.7. The van der Waals surface area contributed by atoms with Crippen molar-refractivity contribution in [2.75, 3.05) is 0 Å². The van der Waals surface area contributed by atoms with Crippen molar-refractivity contribution in [2.45, 2.75) is 87.0 Å². The largest absolute Gasteiger partial charge is 0.103 e. The van der Waals surface area contributed by atoms with Crippen molar-refractivity contribution < 1.29 is 0 Å². The Morgan fingerprint density at radius 3 is 2.04 bits per heavy atom. The number of benzene rings is 1. The second-order valence-corrected chi connectivity index (χ2v) is 7.63. The van der Waals surface area contributed by atoms with E-state index in [9.17, 15) is 0 Å². The lowest BCUT2D eigenvalue weighted by atomic mass is 9.97. The van der Waals surface area contributed by atoms with Crippen molar-refractivity contribution in [3.05, 3.63) is 60.2 Å². The molecule has 0 amide bonds. The molecule has 0 aromatic heterocycles. The van der Waals surface area contributed by atoms with E-state index >= 15 is 0 Å². The van der Waals surface area contributed by atoms with Crippen LogP contribution in [0.2, 0.25) is 0 Å². The lowest BCUT2D eigenvalue weighted by Crippen LogP contribution is -1.97. The first kappa shape index (κ1) is 24.9. The second-order valence-electron chi connectivity index (χ2n) is 7.63. The van der Waals surface area contributed by atoms with E-state index < -0.39 is 0 Å². The van der Waals surface area contributed by atoms with Crippen LogP contribution in [-0.2, 0) is 6.42 Å². The molecule has 1 aromatic carbocycles. The van der Waals surface area contributed by atoms with Crippen LogP contribution in [0.1, 0.15) is 91.7 Å². The zero-order valence-electron chi connectivity index (χ0n) is 17.7. The number of hydrogen-bond donors (Lipinski definition) is 0. The highest BCUT2D eigenvalue weighted by atomic mass is 14.1. The third kappa shape index (κ3) is 17.1. The summed E-state index contributed by atoms with van der Waals surface area (Å²) in [6.45, 7) is 20.6. The summed E-state index contributed by atoms with van der Waals surface area (Å²) in [5, 5.41) is 0. The Bertz CT molecular complexity index is 430.